The number of hydrogen-bond donors (Lipinski definition) is 2. The van der Waals surface area contributed by atoms with Crippen LogP contribution in [0.5, 0.6) is 0 Å². The molecule has 2 N–H and O–H groups in total. The van der Waals surface area contributed by atoms with Gasteiger partial charge in [0.15, 0.2) is 5.69 Å². The van der Waals surface area contributed by atoms with Gasteiger partial charge in [-0.3, -0.25) is 9.54 Å². The van der Waals surface area contributed by atoms with Gasteiger partial charge in [-0.25, -0.2) is 14.1 Å². The molecule has 0 amide bonds. The predicted molar refractivity (Wildman–Crippen MR) is 84.5 cm³/mol. The summed E-state index contributed by atoms with van der Waals surface area (Å²) in [6.45, 7) is 0. The summed E-state index contributed by atoms with van der Waals surface area (Å²) in [5, 5.41) is 9.55. The summed E-state index contributed by atoms with van der Waals surface area (Å²) in [6.07, 6.45) is 1.59. The molecule has 2 aromatic heterocycles. The minimum Gasteiger partial charge on any atom is -0.476 e. The number of carboxylic acid groups (broad SMARTS) is 1. The molecule has 10 heteroatoms. The lowest BCUT2D eigenvalue weighted by Crippen LogP contribution is -2.26. The minimum absolute atomic E-state index is 0.0831. The van der Waals surface area contributed by atoms with E-state index in [9.17, 15) is 17.8 Å². The number of hydrogen-bond acceptors (Lipinski definition) is 6. The number of aromatic nitrogens is 2. The largest absolute Gasteiger partial charge is 0.476 e. The Morgan fingerprint density at radius 1 is 1.22 bits per heavy atom. The number of pyridine rings is 1. The van der Waals surface area contributed by atoms with Crippen LogP contribution in [0.1, 0.15) is 10.5 Å². The Bertz CT molecular complexity index is 1000. The number of aromatic carboxylic acids is 1. The molecular weight excluding hydrogens is 342 g/mol. The first kappa shape index (κ1) is 15.3. The van der Waals surface area contributed by atoms with Gasteiger partial charge in [-0.05, 0) is 24.3 Å². The SMILES string of the molecule is O=C(O)c1ncsc1N(c1ccc2ncccc2c1)S(=O)(=O)O. The molecule has 0 atom stereocenters. The van der Waals surface area contributed by atoms with Crippen molar-refractivity contribution >= 4 is 49.2 Å². The molecule has 0 unspecified atom stereocenters. The summed E-state index contributed by atoms with van der Waals surface area (Å²) in [6, 6.07) is 7.89. The maximum Gasteiger partial charge on any atom is 0.365 e. The summed E-state index contributed by atoms with van der Waals surface area (Å²) in [5.74, 6) is -1.39. The number of fused-ring (bicyclic) bond motifs is 1. The van der Waals surface area contributed by atoms with Gasteiger partial charge in [-0.1, -0.05) is 6.07 Å². The summed E-state index contributed by atoms with van der Waals surface area (Å²) in [5.41, 5.74) is 1.45. The first-order valence-corrected chi connectivity index (χ1v) is 8.45. The van der Waals surface area contributed by atoms with Crippen molar-refractivity contribution in [1.82, 2.24) is 9.97 Å². The topological polar surface area (TPSA) is 121 Å². The molecule has 0 saturated heterocycles. The third kappa shape index (κ3) is 2.86. The summed E-state index contributed by atoms with van der Waals surface area (Å²) < 4.78 is 33.7. The lowest BCUT2D eigenvalue weighted by atomic mass is 10.2. The van der Waals surface area contributed by atoms with Crippen LogP contribution in [-0.4, -0.2) is 34.0 Å². The van der Waals surface area contributed by atoms with Crippen molar-refractivity contribution in [2.75, 3.05) is 4.31 Å². The zero-order valence-corrected chi connectivity index (χ0v) is 13.0. The normalized spacial score (nSPS) is 11.5. The second-order valence-electron chi connectivity index (χ2n) is 4.43. The van der Waals surface area contributed by atoms with E-state index < -0.39 is 22.0 Å². The summed E-state index contributed by atoms with van der Waals surface area (Å²) in [7, 11) is -4.75. The van der Waals surface area contributed by atoms with Crippen molar-refractivity contribution in [3.8, 4) is 0 Å². The van der Waals surface area contributed by atoms with Gasteiger partial charge in [-0.15, -0.1) is 11.3 Å². The third-order valence-corrected chi connectivity index (χ3v) is 4.77. The van der Waals surface area contributed by atoms with Gasteiger partial charge in [0, 0.05) is 11.6 Å². The van der Waals surface area contributed by atoms with E-state index in [1.54, 1.807) is 24.4 Å². The average molecular weight is 351 g/mol. The first-order chi connectivity index (χ1) is 10.9. The van der Waals surface area contributed by atoms with Gasteiger partial charge in [0.1, 0.15) is 5.00 Å². The van der Waals surface area contributed by atoms with Crippen LogP contribution < -0.4 is 4.31 Å². The quantitative estimate of drug-likeness (QED) is 0.692. The highest BCUT2D eigenvalue weighted by molar-refractivity contribution is 7.87. The fraction of sp³-hybridized carbons (Fsp3) is 0. The highest BCUT2D eigenvalue weighted by Gasteiger charge is 2.29. The Morgan fingerprint density at radius 3 is 2.70 bits per heavy atom. The fourth-order valence-electron chi connectivity index (χ4n) is 2.08. The van der Waals surface area contributed by atoms with E-state index in [-0.39, 0.29) is 10.7 Å². The van der Waals surface area contributed by atoms with Crippen LogP contribution >= 0.6 is 11.3 Å². The van der Waals surface area contributed by atoms with Crippen LogP contribution in [0.3, 0.4) is 0 Å². The molecule has 0 aliphatic carbocycles. The molecule has 0 saturated carbocycles. The van der Waals surface area contributed by atoms with Crippen molar-refractivity contribution in [3.63, 3.8) is 0 Å². The number of carbonyl (C=O) groups is 1. The molecule has 8 nitrogen and oxygen atoms in total. The smallest absolute Gasteiger partial charge is 0.365 e. The van der Waals surface area contributed by atoms with E-state index in [1.807, 2.05) is 0 Å². The van der Waals surface area contributed by atoms with Gasteiger partial charge in [-0.2, -0.15) is 8.42 Å². The van der Waals surface area contributed by atoms with Crippen molar-refractivity contribution in [2.45, 2.75) is 0 Å². The molecule has 118 valence electrons. The van der Waals surface area contributed by atoms with E-state index in [4.69, 9.17) is 5.11 Å². The number of nitrogens with zero attached hydrogens (tertiary/aromatic N) is 3. The van der Waals surface area contributed by atoms with E-state index >= 15 is 0 Å². The maximum absolute atomic E-state index is 11.8. The van der Waals surface area contributed by atoms with Gasteiger partial charge >= 0.3 is 16.3 Å². The Kier molecular flexibility index (Phi) is 3.72. The van der Waals surface area contributed by atoms with E-state index in [0.29, 0.717) is 15.2 Å². The number of rotatable bonds is 4. The maximum atomic E-state index is 11.8. The number of carboxylic acids is 1. The van der Waals surface area contributed by atoms with Crippen molar-refractivity contribution < 1.29 is 22.9 Å². The second kappa shape index (κ2) is 5.57. The average Bonchev–Trinajstić information content (AvgIpc) is 2.95. The van der Waals surface area contributed by atoms with Crippen molar-refractivity contribution in [2.24, 2.45) is 0 Å². The molecule has 2 heterocycles. The van der Waals surface area contributed by atoms with Gasteiger partial charge < -0.3 is 5.11 Å². The van der Waals surface area contributed by atoms with E-state index in [0.717, 1.165) is 11.3 Å². The molecule has 3 rings (SSSR count). The highest BCUT2D eigenvalue weighted by Crippen LogP contribution is 2.35. The number of thiazole rings is 1. The molecule has 23 heavy (non-hydrogen) atoms. The Labute approximate surface area is 134 Å². The fourth-order valence-corrected chi connectivity index (χ4v) is 3.87. The number of anilines is 2. The van der Waals surface area contributed by atoms with E-state index in [2.05, 4.69) is 9.97 Å². The Morgan fingerprint density at radius 2 is 2.00 bits per heavy atom. The standard InChI is InChI=1S/C13H9N3O5S2/c17-13(18)11-12(22-7-15-11)16(23(19,20)21)9-3-4-10-8(6-9)2-1-5-14-10/h1-7H,(H,17,18)(H,19,20,21). The highest BCUT2D eigenvalue weighted by atomic mass is 32.2. The lowest BCUT2D eigenvalue weighted by molar-refractivity contribution is 0.0692. The zero-order chi connectivity index (χ0) is 16.6. The summed E-state index contributed by atoms with van der Waals surface area (Å²) >= 11 is 0.792. The van der Waals surface area contributed by atoms with Crippen LogP contribution in [0.2, 0.25) is 0 Å². The van der Waals surface area contributed by atoms with E-state index in [1.165, 1.54) is 17.6 Å². The zero-order valence-electron chi connectivity index (χ0n) is 11.3. The molecule has 0 aliphatic heterocycles. The van der Waals surface area contributed by atoms with Gasteiger partial charge in [0.25, 0.3) is 0 Å². The Balaban J connectivity index is 2.23. The molecule has 1 aromatic carbocycles. The molecule has 3 aromatic rings. The monoisotopic (exact) mass is 351 g/mol. The van der Waals surface area contributed by atoms with Crippen molar-refractivity contribution in [3.05, 3.63) is 47.7 Å². The van der Waals surface area contributed by atoms with Crippen LogP contribution in [0.15, 0.2) is 42.0 Å². The van der Waals surface area contributed by atoms with Gasteiger partial charge in [0.05, 0.1) is 16.7 Å². The van der Waals surface area contributed by atoms with Crippen LogP contribution in [0.25, 0.3) is 10.9 Å². The molecular formula is C13H9N3O5S2. The predicted octanol–water partition coefficient (Wildman–Crippen LogP) is 2.33. The molecule has 0 bridgehead atoms. The number of benzene rings is 1. The summed E-state index contributed by atoms with van der Waals surface area (Å²) in [4.78, 5) is 18.9. The molecule has 0 aliphatic rings. The van der Waals surface area contributed by atoms with Crippen LogP contribution in [-0.2, 0) is 10.3 Å². The molecule has 0 radical (unpaired) electrons. The van der Waals surface area contributed by atoms with Crippen molar-refractivity contribution in [1.29, 1.82) is 0 Å². The lowest BCUT2D eigenvalue weighted by Gasteiger charge is -2.19. The Hall–Kier alpha value is -2.56. The molecule has 0 spiro atoms. The minimum atomic E-state index is -4.75. The second-order valence-corrected chi connectivity index (χ2v) is 6.53. The van der Waals surface area contributed by atoms with Crippen LogP contribution in [0, 0.1) is 0 Å². The first-order valence-electron chi connectivity index (χ1n) is 6.17. The molecule has 0 fully saturated rings. The van der Waals surface area contributed by atoms with Crippen LogP contribution in [0.4, 0.5) is 10.7 Å². The van der Waals surface area contributed by atoms with Gasteiger partial charge in [0.2, 0.25) is 0 Å². The third-order valence-electron chi connectivity index (χ3n) is 2.99.